The van der Waals surface area contributed by atoms with Crippen molar-refractivity contribution >= 4 is 35.8 Å². The minimum absolute atomic E-state index is 0. The summed E-state index contributed by atoms with van der Waals surface area (Å²) >= 11 is 0. The lowest BCUT2D eigenvalue weighted by Crippen LogP contribution is -2.53. The van der Waals surface area contributed by atoms with E-state index in [0.717, 1.165) is 70.5 Å². The van der Waals surface area contributed by atoms with Gasteiger partial charge in [0.05, 0.1) is 48.1 Å². The summed E-state index contributed by atoms with van der Waals surface area (Å²) in [7, 11) is 1.62. The molecule has 0 radical (unpaired) electrons. The number of carbonyl (C=O) groups excluding carboxylic acids is 5. The van der Waals surface area contributed by atoms with Crippen molar-refractivity contribution in [3.05, 3.63) is 118 Å². The van der Waals surface area contributed by atoms with Gasteiger partial charge in [-0.1, -0.05) is 100 Å². The van der Waals surface area contributed by atoms with Crippen molar-refractivity contribution in [2.75, 3.05) is 33.5 Å². The molecule has 3 aromatic rings. The molecule has 1 saturated carbocycles. The molecule has 11 N–H and O–H groups in total. The Kier molecular flexibility index (Phi) is 32.5. The number of nitrogens with one attached hydrogen (secondary N) is 2. The van der Waals surface area contributed by atoms with Crippen LogP contribution in [0.15, 0.2) is 72.8 Å². The number of halogens is 3. The molecule has 0 bridgehead atoms. The van der Waals surface area contributed by atoms with Crippen LogP contribution in [0.2, 0.25) is 0 Å². The number of carboxylic acids is 1. The van der Waals surface area contributed by atoms with Crippen LogP contribution in [0.3, 0.4) is 0 Å². The number of carbonyl (C=O) groups is 6. The van der Waals surface area contributed by atoms with Crippen molar-refractivity contribution in [2.45, 2.75) is 198 Å². The fraction of sp³-hybridized carbons (Fsp3) is 0.621. The molecule has 2 saturated heterocycles. The van der Waals surface area contributed by atoms with Crippen molar-refractivity contribution in [2.24, 2.45) is 35.3 Å². The summed E-state index contributed by atoms with van der Waals surface area (Å²) < 4.78 is 43.1. The molecule has 3 aromatic carbocycles. The van der Waals surface area contributed by atoms with Crippen LogP contribution in [0, 0.1) is 36.2 Å². The maximum atomic E-state index is 13.3. The van der Waals surface area contributed by atoms with E-state index >= 15 is 0 Å². The number of hydrogen-bond acceptors (Lipinski definition) is 13. The lowest BCUT2D eigenvalue weighted by molar-refractivity contribution is -0.159. The Balaban J connectivity index is 0.000000302. The quantitative estimate of drug-likeness (QED) is 0.0519. The number of aliphatic carboxylic acids is 1. The molecular weight excluding hydrogens is 1130 g/mol. The number of aryl methyl sites for hydroxylation is 3. The summed E-state index contributed by atoms with van der Waals surface area (Å²) in [4.78, 5) is 76.8. The molecule has 87 heavy (non-hydrogen) atoms. The van der Waals surface area contributed by atoms with E-state index in [-0.39, 0.29) is 79.1 Å². The van der Waals surface area contributed by atoms with Gasteiger partial charge < -0.3 is 67.0 Å². The molecule has 11 atom stereocenters. The highest BCUT2D eigenvalue weighted by Gasteiger charge is 2.53. The number of methoxy groups -OCH3 is 1. The molecule has 0 aromatic heterocycles. The number of ketones is 1. The smallest absolute Gasteiger partial charge is 0.411 e. The Morgan fingerprint density at radius 3 is 1.72 bits per heavy atom. The molecule has 484 valence electrons. The predicted molar refractivity (Wildman–Crippen MR) is 326 cm³/mol. The zero-order valence-corrected chi connectivity index (χ0v) is 51.8. The van der Waals surface area contributed by atoms with E-state index in [2.05, 4.69) is 71.8 Å². The first kappa shape index (κ1) is 75.1. The molecule has 3 amide bonds. The molecule has 2 aliphatic heterocycles. The van der Waals surface area contributed by atoms with Crippen molar-refractivity contribution in [1.82, 2.24) is 21.7 Å². The monoisotopic (exact) mass is 1220 g/mol. The van der Waals surface area contributed by atoms with Crippen LogP contribution in [0.25, 0.3) is 4.85 Å². The largest absolute Gasteiger partial charge is 0.481 e. The van der Waals surface area contributed by atoms with Crippen LogP contribution >= 0.6 is 0 Å². The molecule has 18 nitrogen and oxygen atoms in total. The van der Waals surface area contributed by atoms with E-state index in [1.54, 1.807) is 18.9 Å². The van der Waals surface area contributed by atoms with Crippen LogP contribution in [-0.2, 0) is 57.5 Å². The number of nitrogens with two attached hydrogens (primary N) is 1. The standard InChI is InChI=1S/C23H33NO4.C19H25N3O3.C11H11N.C6H12O.C5H10O3.C2H3F3O.H3N/c1-15(12-14-25)21(26)20-18(11-13-23(20,2)28-3)22(27)24-19-10-6-8-16-7-4-5-9-17(16)19;20-14-10-11-25-17-9-8-16(22(17)19(14)24)18(23)21-15-7-3-5-12-4-1-2-6-13(12)15;1-12-11-8-4-6-9-5-2-3-7-10(9)11;1-6(2)4-3-5-7;1-4(2-3-6)5(7)8;3-2(4,5)1-6;/h4-5,7,9,15,18-20,25H,6,8,10-14H2,1-3H3,(H,24,27);1-2,4,6,14-17H,3,5,7-11,20H2,(H,21,23);2-3,5,7,11H,4,6,8H2;5-6H,3-4H2,1-2H3;4,6H,2-3H2,1H3,(H,7,8);6H,1H2;1H3/t15-,18?,19+,20?,23?;14-,15+,16?,17-;11-;;4-;;/m001.0../s1. The molecule has 0 spiro atoms. The summed E-state index contributed by atoms with van der Waals surface area (Å²) in [5.74, 6) is -2.00. The van der Waals surface area contributed by atoms with E-state index in [1.807, 2.05) is 44.2 Å². The highest BCUT2D eigenvalue weighted by molar-refractivity contribution is 5.92. The normalized spacial score (nSPS) is 24.7. The number of aldehydes is 1. The van der Waals surface area contributed by atoms with Crippen LogP contribution in [0.5, 0.6) is 0 Å². The van der Waals surface area contributed by atoms with Gasteiger partial charge in [0.2, 0.25) is 23.8 Å². The SMILES string of the molecule is CC(C)CCC=O.COC1(C)CCC(C(=O)N[C@@H]2CCCc3ccccc32)C1C(=O)[C@@H](C)CCO.C[C@@H](CCO)C(=O)O.N.N[C@H]1CCO[C@H]2CCC(C(=O)N[C@@H]3CCCc4ccccc43)N2C1=O.OCC(F)(F)F.[C-]#[N+][C@@H]1CCCc2ccccc21. The van der Waals surface area contributed by atoms with Gasteiger partial charge >= 0.3 is 12.1 Å². The molecule has 4 aliphatic carbocycles. The number of fused-ring (bicyclic) bond motifs is 4. The van der Waals surface area contributed by atoms with E-state index < -0.39 is 48.3 Å². The Morgan fingerprint density at radius 2 is 1.26 bits per heavy atom. The Morgan fingerprint density at radius 1 is 0.770 bits per heavy atom. The average Bonchev–Trinajstić information content (AvgIpc) is 1.88. The van der Waals surface area contributed by atoms with Crippen molar-refractivity contribution < 1.29 is 71.8 Å². The second kappa shape index (κ2) is 37.7. The van der Waals surface area contributed by atoms with Gasteiger partial charge in [-0.25, -0.2) is 6.57 Å². The molecule has 21 heteroatoms. The van der Waals surface area contributed by atoms with E-state index in [0.29, 0.717) is 57.5 Å². The number of aliphatic hydroxyl groups excluding tert-OH is 3. The number of nitrogens with zero attached hydrogens (tertiary/aromatic N) is 2. The third-order valence-electron chi connectivity index (χ3n) is 17.0. The van der Waals surface area contributed by atoms with Crippen molar-refractivity contribution in [1.29, 1.82) is 0 Å². The second-order valence-electron chi connectivity index (χ2n) is 23.7. The summed E-state index contributed by atoms with van der Waals surface area (Å²) in [6.07, 6.45) is 11.4. The van der Waals surface area contributed by atoms with Gasteiger partial charge in [0, 0.05) is 44.6 Å². The Bertz CT molecular complexity index is 2670. The van der Waals surface area contributed by atoms with Gasteiger partial charge in [0.25, 0.3) is 0 Å². The van der Waals surface area contributed by atoms with Gasteiger partial charge in [-0.3, -0.25) is 24.0 Å². The Hall–Kier alpha value is -6.12. The number of ether oxygens (including phenoxy) is 2. The molecule has 2 heterocycles. The summed E-state index contributed by atoms with van der Waals surface area (Å²) in [6, 6.07) is 24.0. The summed E-state index contributed by atoms with van der Waals surface area (Å²) in [6.45, 7) is 15.3. The fourth-order valence-corrected chi connectivity index (χ4v) is 11.9. The van der Waals surface area contributed by atoms with E-state index in [1.165, 1.54) is 39.8 Å². The molecule has 3 fully saturated rings. The highest BCUT2D eigenvalue weighted by atomic mass is 19.4. The maximum Gasteiger partial charge on any atom is 0.411 e. The molecular formula is C66H97F3N6O12. The molecule has 9 rings (SSSR count). The van der Waals surface area contributed by atoms with Gasteiger partial charge in [-0.15, -0.1) is 0 Å². The van der Waals surface area contributed by atoms with Gasteiger partial charge in [-0.05, 0) is 143 Å². The predicted octanol–water partition coefficient (Wildman–Crippen LogP) is 9.84. The molecule has 4 unspecified atom stereocenters. The van der Waals surface area contributed by atoms with Crippen LogP contribution in [0.1, 0.15) is 182 Å². The minimum Gasteiger partial charge on any atom is -0.481 e. The average molecular weight is 1220 g/mol. The minimum atomic E-state index is -4.40. The molecule has 6 aliphatic rings. The summed E-state index contributed by atoms with van der Waals surface area (Å²) in [5, 5.41) is 39.4. The maximum absolute atomic E-state index is 13.3. The van der Waals surface area contributed by atoms with Crippen molar-refractivity contribution in [3.8, 4) is 0 Å². The van der Waals surface area contributed by atoms with E-state index in [9.17, 15) is 47.0 Å². The first-order valence-electron chi connectivity index (χ1n) is 30.5. The number of carboxylic acid groups (broad SMARTS) is 1. The first-order valence-corrected chi connectivity index (χ1v) is 30.5. The van der Waals surface area contributed by atoms with Crippen molar-refractivity contribution in [3.63, 3.8) is 0 Å². The number of aliphatic hydroxyl groups is 3. The van der Waals surface area contributed by atoms with Crippen LogP contribution in [0.4, 0.5) is 13.2 Å². The van der Waals surface area contributed by atoms with Gasteiger partial charge in [-0.2, -0.15) is 13.2 Å². The number of Topliss-reactive ketones (excluding diaryl/α,β-unsaturated/α-hetero) is 1. The highest BCUT2D eigenvalue weighted by Crippen LogP contribution is 2.45. The third-order valence-corrected chi connectivity index (χ3v) is 17.0. The van der Waals surface area contributed by atoms with Gasteiger partial charge in [0.15, 0.2) is 0 Å². The second-order valence-corrected chi connectivity index (χ2v) is 23.7. The number of rotatable bonds is 15. The summed E-state index contributed by atoms with van der Waals surface area (Å²) in [5.41, 5.74) is 13.0. The van der Waals surface area contributed by atoms with Crippen LogP contribution < -0.4 is 22.5 Å². The third kappa shape index (κ3) is 22.8. The Labute approximate surface area is 512 Å². The topological polar surface area (TPSA) is 294 Å². The number of amides is 3. The number of hydrogen-bond donors (Lipinski definition) is 8. The fourth-order valence-electron chi connectivity index (χ4n) is 11.9. The van der Waals surface area contributed by atoms with Gasteiger partial charge in [0.1, 0.15) is 30.9 Å². The lowest BCUT2D eigenvalue weighted by atomic mass is 9.77. The zero-order valence-electron chi connectivity index (χ0n) is 51.8. The number of alkyl halides is 3. The zero-order chi connectivity index (χ0) is 63.6. The van der Waals surface area contributed by atoms with E-state index in [4.69, 9.17) is 37.1 Å². The first-order chi connectivity index (χ1) is 41.0. The number of benzene rings is 3. The lowest BCUT2D eigenvalue weighted by Gasteiger charge is -2.34. The van der Waals surface area contributed by atoms with Crippen LogP contribution in [-0.4, -0.2) is 125 Å².